The van der Waals surface area contributed by atoms with Gasteiger partial charge in [-0.05, 0) is 18.1 Å². The summed E-state index contributed by atoms with van der Waals surface area (Å²) in [5, 5.41) is 9.07. The van der Waals surface area contributed by atoms with Crippen LogP contribution in [0.25, 0.3) is 0 Å². The van der Waals surface area contributed by atoms with E-state index in [1.54, 1.807) is 13.8 Å². The van der Waals surface area contributed by atoms with E-state index >= 15 is 0 Å². The van der Waals surface area contributed by atoms with E-state index in [1.165, 1.54) is 0 Å². The molecule has 1 aromatic carbocycles. The molecule has 0 radical (unpaired) electrons. The average molecular weight is 294 g/mol. The van der Waals surface area contributed by atoms with E-state index in [4.69, 9.17) is 10.8 Å². The Morgan fingerprint density at radius 2 is 1.95 bits per heavy atom. The molecule has 1 atom stereocenters. The topological polar surface area (TPSA) is 92.4 Å². The smallest absolute Gasteiger partial charge is 0.243 e. The number of aliphatic hydroxyl groups is 1. The maximum absolute atomic E-state index is 13.7. The van der Waals surface area contributed by atoms with Crippen LogP contribution in [0.3, 0.4) is 0 Å². The minimum Gasteiger partial charge on any atom is -0.395 e. The number of nitrogens with one attached hydrogen (secondary N) is 1. The van der Waals surface area contributed by atoms with Gasteiger partial charge in [-0.3, -0.25) is 0 Å². The Balaban J connectivity index is 3.18. The fourth-order valence-corrected chi connectivity index (χ4v) is 2.87. The molecule has 0 spiro atoms. The third kappa shape index (κ3) is 3.40. The largest absolute Gasteiger partial charge is 0.395 e. The van der Waals surface area contributed by atoms with Crippen molar-refractivity contribution in [2.24, 2.45) is 5.92 Å². The normalized spacial score (nSPS) is 13.8. The van der Waals surface area contributed by atoms with Crippen LogP contribution in [-0.2, 0) is 10.0 Å². The van der Waals surface area contributed by atoms with E-state index in [2.05, 4.69) is 4.72 Å². The summed E-state index contributed by atoms with van der Waals surface area (Å²) in [7, 11) is -4.22. The predicted octanol–water partition coefficient (Wildman–Crippen LogP) is 0.842. The molecule has 8 heteroatoms. The van der Waals surface area contributed by atoms with Gasteiger partial charge < -0.3 is 10.8 Å². The highest BCUT2D eigenvalue weighted by atomic mass is 32.2. The van der Waals surface area contributed by atoms with Crippen molar-refractivity contribution in [1.29, 1.82) is 0 Å². The third-order valence-electron chi connectivity index (χ3n) is 2.69. The van der Waals surface area contributed by atoms with Crippen LogP contribution >= 0.6 is 0 Å². The first-order valence-electron chi connectivity index (χ1n) is 5.57. The van der Waals surface area contributed by atoms with Crippen molar-refractivity contribution in [2.75, 3.05) is 12.3 Å². The quantitative estimate of drug-likeness (QED) is 0.702. The van der Waals surface area contributed by atoms with Crippen LogP contribution in [0.2, 0.25) is 0 Å². The molecule has 4 N–H and O–H groups in total. The second-order valence-electron chi connectivity index (χ2n) is 4.43. The Hall–Kier alpha value is -1.25. The fraction of sp³-hybridized carbons (Fsp3) is 0.455. The van der Waals surface area contributed by atoms with Crippen LogP contribution in [0.5, 0.6) is 0 Å². The molecular weight excluding hydrogens is 278 g/mol. The molecule has 0 heterocycles. The molecule has 19 heavy (non-hydrogen) atoms. The highest BCUT2D eigenvalue weighted by molar-refractivity contribution is 7.89. The molecule has 0 saturated heterocycles. The molecule has 0 amide bonds. The number of hydrogen-bond acceptors (Lipinski definition) is 4. The number of nitrogens with two attached hydrogens (primary N) is 1. The zero-order valence-corrected chi connectivity index (χ0v) is 11.3. The van der Waals surface area contributed by atoms with E-state index in [9.17, 15) is 17.2 Å². The fourth-order valence-electron chi connectivity index (χ4n) is 1.40. The molecule has 0 aliphatic carbocycles. The molecule has 0 aromatic heterocycles. The molecular formula is C11H16F2N2O3S. The number of aliphatic hydroxyl groups excluding tert-OH is 1. The van der Waals surface area contributed by atoms with Gasteiger partial charge in [0.05, 0.1) is 6.61 Å². The van der Waals surface area contributed by atoms with Gasteiger partial charge >= 0.3 is 0 Å². The maximum atomic E-state index is 13.7. The molecule has 0 bridgehead atoms. The van der Waals surface area contributed by atoms with Crippen LogP contribution in [0.15, 0.2) is 17.0 Å². The van der Waals surface area contributed by atoms with Gasteiger partial charge in [0.2, 0.25) is 10.0 Å². The van der Waals surface area contributed by atoms with Crippen molar-refractivity contribution in [1.82, 2.24) is 4.72 Å². The van der Waals surface area contributed by atoms with Gasteiger partial charge in [0.15, 0.2) is 5.82 Å². The van der Waals surface area contributed by atoms with Crippen molar-refractivity contribution in [3.63, 3.8) is 0 Å². The van der Waals surface area contributed by atoms with E-state index in [-0.39, 0.29) is 5.92 Å². The summed E-state index contributed by atoms with van der Waals surface area (Å²) < 4.78 is 52.7. The molecule has 0 unspecified atom stereocenters. The van der Waals surface area contributed by atoms with Crippen molar-refractivity contribution >= 4 is 15.7 Å². The van der Waals surface area contributed by atoms with Gasteiger partial charge in [-0.25, -0.2) is 21.9 Å². The standard InChI is InChI=1S/C11H16F2N2O3S/c1-6(2)8(5-16)15-19(17,18)9-4-3-7(12)11(14)10(9)13/h3-4,6,8,15-16H,5,14H2,1-2H3/t8-/m1/s1. The lowest BCUT2D eigenvalue weighted by Crippen LogP contribution is -2.41. The minimum atomic E-state index is -4.22. The minimum absolute atomic E-state index is 0.194. The Kier molecular flexibility index (Phi) is 4.83. The summed E-state index contributed by atoms with van der Waals surface area (Å²) in [4.78, 5) is -0.745. The van der Waals surface area contributed by atoms with Crippen molar-refractivity contribution < 1.29 is 22.3 Å². The van der Waals surface area contributed by atoms with E-state index < -0.39 is 44.9 Å². The van der Waals surface area contributed by atoms with Crippen molar-refractivity contribution in [2.45, 2.75) is 24.8 Å². The predicted molar refractivity (Wildman–Crippen MR) is 66.8 cm³/mol. The van der Waals surface area contributed by atoms with Crippen LogP contribution in [-0.4, -0.2) is 26.2 Å². The van der Waals surface area contributed by atoms with Gasteiger partial charge in [-0.1, -0.05) is 13.8 Å². The molecule has 0 saturated carbocycles. The number of halogens is 2. The number of anilines is 1. The zero-order chi connectivity index (χ0) is 14.8. The maximum Gasteiger partial charge on any atom is 0.243 e. The van der Waals surface area contributed by atoms with Crippen LogP contribution < -0.4 is 10.5 Å². The SMILES string of the molecule is CC(C)[C@@H](CO)NS(=O)(=O)c1ccc(F)c(N)c1F. The summed E-state index contributed by atoms with van der Waals surface area (Å²) in [6, 6.07) is 0.796. The Bertz CT molecular complexity index is 561. The van der Waals surface area contributed by atoms with Crippen molar-refractivity contribution in [3.05, 3.63) is 23.8 Å². The highest BCUT2D eigenvalue weighted by Gasteiger charge is 2.26. The van der Waals surface area contributed by atoms with Gasteiger partial charge in [0.25, 0.3) is 0 Å². The molecule has 108 valence electrons. The number of nitrogen functional groups attached to an aromatic ring is 1. The first-order valence-corrected chi connectivity index (χ1v) is 7.05. The van der Waals surface area contributed by atoms with Gasteiger partial charge in [0, 0.05) is 6.04 Å². The zero-order valence-electron chi connectivity index (χ0n) is 10.5. The van der Waals surface area contributed by atoms with Gasteiger partial charge in [0.1, 0.15) is 16.4 Å². The molecule has 0 aliphatic rings. The Labute approximate surface area is 110 Å². The lowest BCUT2D eigenvalue weighted by Gasteiger charge is -2.20. The summed E-state index contributed by atoms with van der Waals surface area (Å²) in [6.45, 7) is 2.95. The third-order valence-corrected chi connectivity index (χ3v) is 4.20. The van der Waals surface area contributed by atoms with E-state index in [0.29, 0.717) is 0 Å². The lowest BCUT2D eigenvalue weighted by atomic mass is 10.1. The van der Waals surface area contributed by atoms with Crippen LogP contribution in [0.4, 0.5) is 14.5 Å². The molecule has 1 rings (SSSR count). The highest BCUT2D eigenvalue weighted by Crippen LogP contribution is 2.23. The summed E-state index contributed by atoms with van der Waals surface area (Å²) in [5.74, 6) is -2.56. The Morgan fingerprint density at radius 1 is 1.37 bits per heavy atom. The van der Waals surface area contributed by atoms with E-state index in [0.717, 1.165) is 12.1 Å². The second-order valence-corrected chi connectivity index (χ2v) is 6.11. The Morgan fingerprint density at radius 3 is 2.42 bits per heavy atom. The number of sulfonamides is 1. The molecule has 0 fully saturated rings. The molecule has 5 nitrogen and oxygen atoms in total. The first-order chi connectivity index (χ1) is 8.70. The summed E-state index contributed by atoms with van der Waals surface area (Å²) in [5.41, 5.74) is 4.26. The van der Waals surface area contributed by atoms with Crippen LogP contribution in [0.1, 0.15) is 13.8 Å². The number of hydrogen-bond donors (Lipinski definition) is 3. The van der Waals surface area contributed by atoms with E-state index in [1.807, 2.05) is 0 Å². The molecule has 0 aliphatic heterocycles. The van der Waals surface area contributed by atoms with Crippen LogP contribution in [0, 0.1) is 17.6 Å². The lowest BCUT2D eigenvalue weighted by molar-refractivity contribution is 0.227. The first kappa shape index (κ1) is 15.8. The van der Waals surface area contributed by atoms with Gasteiger partial charge in [-0.15, -0.1) is 0 Å². The number of rotatable bonds is 5. The number of benzene rings is 1. The van der Waals surface area contributed by atoms with Gasteiger partial charge in [-0.2, -0.15) is 0 Å². The van der Waals surface area contributed by atoms with Crippen molar-refractivity contribution in [3.8, 4) is 0 Å². The second kappa shape index (κ2) is 5.81. The molecule has 1 aromatic rings. The summed E-state index contributed by atoms with van der Waals surface area (Å²) >= 11 is 0. The average Bonchev–Trinajstić information content (AvgIpc) is 2.32. The summed E-state index contributed by atoms with van der Waals surface area (Å²) in [6.07, 6.45) is 0. The monoisotopic (exact) mass is 294 g/mol.